The molecule has 0 saturated carbocycles. The van der Waals surface area contributed by atoms with Crippen molar-refractivity contribution in [3.05, 3.63) is 0 Å². The lowest BCUT2D eigenvalue weighted by Gasteiger charge is -2.39. The Balaban J connectivity index is 1.84. The fraction of sp³-hybridized carbons (Fsp3) is 1.00. The summed E-state index contributed by atoms with van der Waals surface area (Å²) in [5, 5.41) is 1.50. The summed E-state index contributed by atoms with van der Waals surface area (Å²) in [5.74, 6) is 0. The maximum atomic E-state index is 12.2. The number of hydrogen-bond donors (Lipinski definition) is 0. The van der Waals surface area contributed by atoms with Crippen LogP contribution in [0, 0.1) is 0 Å². The van der Waals surface area contributed by atoms with Crippen molar-refractivity contribution in [1.82, 2.24) is 5.06 Å². The van der Waals surface area contributed by atoms with Crippen LogP contribution in [0.25, 0.3) is 0 Å². The van der Waals surface area contributed by atoms with E-state index in [0.717, 1.165) is 38.6 Å². The summed E-state index contributed by atoms with van der Waals surface area (Å²) in [6, 6.07) is 0.150. The van der Waals surface area contributed by atoms with Crippen LogP contribution in [-0.4, -0.2) is 42.7 Å². The minimum absolute atomic E-state index is 0.0342. The van der Waals surface area contributed by atoms with Gasteiger partial charge in [-0.3, -0.25) is 4.84 Å². The van der Waals surface area contributed by atoms with Crippen molar-refractivity contribution in [3.63, 3.8) is 0 Å². The minimum atomic E-state index is -2.90. The predicted octanol–water partition coefficient (Wildman–Crippen LogP) is 1.12. The highest BCUT2D eigenvalue weighted by atomic mass is 32.2. The fourth-order valence-electron chi connectivity index (χ4n) is 3.42. The van der Waals surface area contributed by atoms with Gasteiger partial charge < -0.3 is 0 Å². The molecule has 4 atom stereocenters. The third-order valence-corrected chi connectivity index (χ3v) is 6.89. The number of piperidine rings is 1. The van der Waals surface area contributed by atoms with Gasteiger partial charge in [0, 0.05) is 6.54 Å². The number of sulfone groups is 1. The number of fused-ring (bicyclic) bond motifs is 3. The molecule has 5 heteroatoms. The van der Waals surface area contributed by atoms with Gasteiger partial charge in [-0.1, -0.05) is 19.8 Å². The molecule has 4 nitrogen and oxygen atoms in total. The first-order chi connectivity index (χ1) is 7.66. The molecule has 3 aliphatic heterocycles. The lowest BCUT2D eigenvalue weighted by molar-refractivity contribution is -0.172. The molecule has 92 valence electrons. The highest BCUT2D eigenvalue weighted by molar-refractivity contribution is 7.94. The number of rotatable bonds is 2. The second-order valence-corrected chi connectivity index (χ2v) is 7.48. The van der Waals surface area contributed by atoms with Gasteiger partial charge in [-0.2, -0.15) is 5.06 Å². The van der Waals surface area contributed by atoms with Gasteiger partial charge in [0.15, 0.2) is 9.84 Å². The second kappa shape index (κ2) is 3.68. The Labute approximate surface area is 96.8 Å². The van der Waals surface area contributed by atoms with Crippen LogP contribution >= 0.6 is 0 Å². The molecule has 0 aromatic rings. The molecule has 3 saturated heterocycles. The Morgan fingerprint density at radius 1 is 1.38 bits per heavy atom. The Morgan fingerprint density at radius 3 is 2.94 bits per heavy atom. The molecule has 1 unspecified atom stereocenters. The van der Waals surface area contributed by atoms with Crippen molar-refractivity contribution in [1.29, 1.82) is 0 Å². The largest absolute Gasteiger partial charge is 0.293 e. The third kappa shape index (κ3) is 1.31. The summed E-state index contributed by atoms with van der Waals surface area (Å²) >= 11 is 0. The highest BCUT2D eigenvalue weighted by Crippen LogP contribution is 2.46. The van der Waals surface area contributed by atoms with Gasteiger partial charge in [0.25, 0.3) is 0 Å². The summed E-state index contributed by atoms with van der Waals surface area (Å²) in [6.07, 6.45) is 4.90. The lowest BCUT2D eigenvalue weighted by atomic mass is 9.96. The number of hydrogen-bond acceptors (Lipinski definition) is 4. The van der Waals surface area contributed by atoms with E-state index in [9.17, 15) is 8.42 Å². The summed E-state index contributed by atoms with van der Waals surface area (Å²) in [4.78, 5) is 5.82. The summed E-state index contributed by atoms with van der Waals surface area (Å²) in [5.41, 5.74) is 0. The molecule has 0 amide bonds. The normalized spacial score (nSPS) is 45.8. The lowest BCUT2D eigenvalue weighted by Crippen LogP contribution is -2.61. The maximum Gasteiger partial charge on any atom is 0.163 e. The van der Waals surface area contributed by atoms with Gasteiger partial charge in [0.2, 0.25) is 0 Å². The van der Waals surface area contributed by atoms with E-state index in [0.29, 0.717) is 0 Å². The zero-order valence-corrected chi connectivity index (χ0v) is 10.4. The summed E-state index contributed by atoms with van der Waals surface area (Å²) in [6.45, 7) is 2.94. The van der Waals surface area contributed by atoms with E-state index >= 15 is 0 Å². The minimum Gasteiger partial charge on any atom is -0.293 e. The number of nitrogens with zero attached hydrogens (tertiary/aromatic N) is 1. The maximum absolute atomic E-state index is 12.2. The average molecular weight is 245 g/mol. The molecule has 0 aliphatic carbocycles. The molecule has 3 aliphatic rings. The Hall–Kier alpha value is -0.130. The van der Waals surface area contributed by atoms with Crippen LogP contribution < -0.4 is 0 Å². The van der Waals surface area contributed by atoms with Gasteiger partial charge in [-0.05, 0) is 19.3 Å². The van der Waals surface area contributed by atoms with Crippen molar-refractivity contribution in [2.45, 2.75) is 61.7 Å². The van der Waals surface area contributed by atoms with Crippen LogP contribution in [0.3, 0.4) is 0 Å². The molecule has 0 radical (unpaired) electrons. The molecule has 0 N–H and O–H groups in total. The van der Waals surface area contributed by atoms with Crippen LogP contribution in [0.2, 0.25) is 0 Å². The molecule has 0 aromatic carbocycles. The Morgan fingerprint density at radius 2 is 2.19 bits per heavy atom. The molecule has 0 aromatic heterocycles. The average Bonchev–Trinajstić information content (AvgIpc) is 2.62. The smallest absolute Gasteiger partial charge is 0.163 e. The quantitative estimate of drug-likeness (QED) is 0.731. The van der Waals surface area contributed by atoms with Gasteiger partial charge in [-0.15, -0.1) is 0 Å². The molecular formula is C11H19NO3S. The molecule has 3 fully saturated rings. The Kier molecular flexibility index (Phi) is 2.53. The van der Waals surface area contributed by atoms with Gasteiger partial charge in [0.05, 0.1) is 11.3 Å². The monoisotopic (exact) mass is 245 g/mol. The number of hydroxylamine groups is 2. The van der Waals surface area contributed by atoms with Crippen LogP contribution in [0.15, 0.2) is 0 Å². The zero-order chi connectivity index (χ0) is 11.3. The van der Waals surface area contributed by atoms with E-state index in [1.807, 2.05) is 12.0 Å². The summed E-state index contributed by atoms with van der Waals surface area (Å²) < 4.78 is 24.3. The molecule has 3 rings (SSSR count). The second-order valence-electron chi connectivity index (χ2n) is 5.15. The first kappa shape index (κ1) is 11.0. The van der Waals surface area contributed by atoms with Crippen LogP contribution in [0.5, 0.6) is 0 Å². The van der Waals surface area contributed by atoms with Crippen LogP contribution in [-0.2, 0) is 14.7 Å². The van der Waals surface area contributed by atoms with E-state index in [1.54, 1.807) is 0 Å². The molecule has 0 bridgehead atoms. The van der Waals surface area contributed by atoms with Gasteiger partial charge >= 0.3 is 0 Å². The first-order valence-corrected chi connectivity index (χ1v) is 7.93. The van der Waals surface area contributed by atoms with Crippen molar-refractivity contribution in [3.8, 4) is 0 Å². The predicted molar refractivity (Wildman–Crippen MR) is 60.6 cm³/mol. The first-order valence-electron chi connectivity index (χ1n) is 6.32. The van der Waals surface area contributed by atoms with Crippen LogP contribution in [0.1, 0.15) is 39.0 Å². The van der Waals surface area contributed by atoms with Gasteiger partial charge in [0.1, 0.15) is 11.4 Å². The van der Waals surface area contributed by atoms with Crippen molar-refractivity contribution in [2.75, 3.05) is 6.54 Å². The van der Waals surface area contributed by atoms with E-state index in [-0.39, 0.29) is 22.6 Å². The van der Waals surface area contributed by atoms with Crippen molar-refractivity contribution in [2.24, 2.45) is 0 Å². The molecule has 0 spiro atoms. The van der Waals surface area contributed by atoms with E-state index in [1.165, 1.54) is 0 Å². The van der Waals surface area contributed by atoms with Crippen molar-refractivity contribution >= 4 is 9.84 Å². The standard InChI is InChI=1S/C11H19NO3S/c1-2-5-9-10-11(16(9,13)14)8-6-3-4-7-12(8)15-10/h8-11H,2-7H2,1H3/t8?,9-,10-,11-/m1/s1. The summed E-state index contributed by atoms with van der Waals surface area (Å²) in [7, 11) is -2.90. The molecule has 3 heterocycles. The van der Waals surface area contributed by atoms with Crippen LogP contribution in [0.4, 0.5) is 0 Å². The van der Waals surface area contributed by atoms with E-state index < -0.39 is 9.84 Å². The highest BCUT2D eigenvalue weighted by Gasteiger charge is 2.65. The molecule has 16 heavy (non-hydrogen) atoms. The van der Waals surface area contributed by atoms with E-state index in [2.05, 4.69) is 0 Å². The van der Waals surface area contributed by atoms with Crippen molar-refractivity contribution < 1.29 is 13.3 Å². The zero-order valence-electron chi connectivity index (χ0n) is 9.63. The fourth-order valence-corrected chi connectivity index (χ4v) is 6.03. The third-order valence-electron chi connectivity index (χ3n) is 4.20. The molecular weight excluding hydrogens is 226 g/mol. The van der Waals surface area contributed by atoms with Gasteiger partial charge in [-0.25, -0.2) is 8.42 Å². The Bertz CT molecular complexity index is 381. The topological polar surface area (TPSA) is 46.6 Å². The van der Waals surface area contributed by atoms with E-state index in [4.69, 9.17) is 4.84 Å². The SMILES string of the molecule is CCC[C@@H]1[C@H]2ON3CCCCC3[C@H]2S1(=O)=O.